The summed E-state index contributed by atoms with van der Waals surface area (Å²) in [5, 5.41) is 16.8. The van der Waals surface area contributed by atoms with E-state index in [1.807, 2.05) is 6.07 Å². The van der Waals surface area contributed by atoms with E-state index in [2.05, 4.69) is 15.2 Å². The summed E-state index contributed by atoms with van der Waals surface area (Å²) in [7, 11) is -3.54. The van der Waals surface area contributed by atoms with Crippen molar-refractivity contribution in [2.45, 2.75) is 23.3 Å². The zero-order valence-electron chi connectivity index (χ0n) is 11.3. The van der Waals surface area contributed by atoms with Gasteiger partial charge in [0, 0.05) is 25.5 Å². The van der Waals surface area contributed by atoms with Crippen molar-refractivity contribution in [3.63, 3.8) is 0 Å². The predicted molar refractivity (Wildman–Crippen MR) is 74.7 cm³/mol. The molecular weight excluding hydrogens is 292 g/mol. The Morgan fingerprint density at radius 2 is 2.05 bits per heavy atom. The first-order valence-electron chi connectivity index (χ1n) is 6.65. The van der Waals surface area contributed by atoms with E-state index in [1.165, 1.54) is 16.7 Å². The molecule has 0 aliphatic carbocycles. The monoisotopic (exact) mass is 308 g/mol. The highest BCUT2D eigenvalue weighted by Crippen LogP contribution is 2.33. The molecule has 3 heterocycles. The largest absolute Gasteiger partial charge is 0.383 e. The maximum absolute atomic E-state index is 12.4. The first-order chi connectivity index (χ1) is 10.0. The van der Waals surface area contributed by atoms with E-state index in [-0.39, 0.29) is 18.0 Å². The topological polar surface area (TPSA) is 99.2 Å². The third-order valence-electron chi connectivity index (χ3n) is 3.80. The van der Waals surface area contributed by atoms with Crippen molar-refractivity contribution in [2.75, 3.05) is 13.1 Å². The van der Waals surface area contributed by atoms with Gasteiger partial charge in [-0.25, -0.2) is 8.42 Å². The van der Waals surface area contributed by atoms with Crippen LogP contribution in [0.5, 0.6) is 0 Å². The van der Waals surface area contributed by atoms with E-state index >= 15 is 0 Å². The van der Waals surface area contributed by atoms with Crippen LogP contribution in [-0.2, 0) is 15.6 Å². The highest BCUT2D eigenvalue weighted by molar-refractivity contribution is 7.89. The lowest BCUT2D eigenvalue weighted by Gasteiger charge is -2.36. The van der Waals surface area contributed by atoms with E-state index in [4.69, 9.17) is 0 Å². The van der Waals surface area contributed by atoms with Gasteiger partial charge < -0.3 is 5.11 Å². The second-order valence-corrected chi connectivity index (χ2v) is 7.02. The van der Waals surface area contributed by atoms with Crippen LogP contribution >= 0.6 is 0 Å². The lowest BCUT2D eigenvalue weighted by atomic mass is 9.89. The molecule has 3 rings (SSSR count). The number of aliphatic hydroxyl groups is 1. The fourth-order valence-electron chi connectivity index (χ4n) is 2.52. The Bertz CT molecular complexity index is 692. The summed E-state index contributed by atoms with van der Waals surface area (Å²) in [6.45, 7) is 0.501. The molecule has 1 aliphatic rings. The quantitative estimate of drug-likeness (QED) is 0.859. The summed E-state index contributed by atoms with van der Waals surface area (Å²) in [6, 6.07) is 5.36. The van der Waals surface area contributed by atoms with E-state index in [9.17, 15) is 13.5 Å². The zero-order chi connectivity index (χ0) is 14.9. The minimum Gasteiger partial charge on any atom is -0.383 e. The Hall–Kier alpha value is -1.77. The number of H-pyrrole nitrogens is 1. The van der Waals surface area contributed by atoms with Crippen molar-refractivity contribution in [3.05, 3.63) is 42.5 Å². The van der Waals surface area contributed by atoms with Gasteiger partial charge in [0.15, 0.2) is 0 Å². The van der Waals surface area contributed by atoms with Crippen molar-refractivity contribution in [1.82, 2.24) is 19.5 Å². The Morgan fingerprint density at radius 3 is 2.62 bits per heavy atom. The van der Waals surface area contributed by atoms with Crippen LogP contribution in [0.3, 0.4) is 0 Å². The third-order valence-corrected chi connectivity index (χ3v) is 5.67. The fourth-order valence-corrected chi connectivity index (χ4v) is 3.87. The summed E-state index contributed by atoms with van der Waals surface area (Å²) in [5.74, 6) is 0. The average molecular weight is 308 g/mol. The minimum atomic E-state index is -3.54. The number of hydrogen-bond donors (Lipinski definition) is 2. The van der Waals surface area contributed by atoms with Gasteiger partial charge in [-0.1, -0.05) is 6.07 Å². The molecule has 0 radical (unpaired) electrons. The molecule has 0 atom stereocenters. The molecule has 8 heteroatoms. The van der Waals surface area contributed by atoms with Crippen molar-refractivity contribution in [3.8, 4) is 0 Å². The van der Waals surface area contributed by atoms with Crippen LogP contribution in [-0.4, -0.2) is 46.1 Å². The number of hydrogen-bond acceptors (Lipinski definition) is 5. The molecule has 21 heavy (non-hydrogen) atoms. The minimum absolute atomic E-state index is 0.144. The van der Waals surface area contributed by atoms with Gasteiger partial charge in [-0.15, -0.1) is 0 Å². The molecule has 0 bridgehead atoms. The van der Waals surface area contributed by atoms with Gasteiger partial charge in [0.05, 0.1) is 11.9 Å². The fraction of sp³-hybridized carbons (Fsp3) is 0.385. The molecule has 2 N–H and O–H groups in total. The molecule has 2 aromatic heterocycles. The lowest BCUT2D eigenvalue weighted by Crippen LogP contribution is -2.45. The molecule has 112 valence electrons. The van der Waals surface area contributed by atoms with Crippen LogP contribution in [0.25, 0.3) is 0 Å². The van der Waals surface area contributed by atoms with E-state index in [0.29, 0.717) is 18.5 Å². The number of pyridine rings is 1. The van der Waals surface area contributed by atoms with Crippen LogP contribution in [0.15, 0.2) is 41.7 Å². The first kappa shape index (κ1) is 14.2. The smallest absolute Gasteiger partial charge is 0.246 e. The highest BCUT2D eigenvalue weighted by atomic mass is 32.2. The molecule has 2 aromatic rings. The molecule has 7 nitrogen and oxygen atoms in total. The second kappa shape index (κ2) is 5.21. The normalized spacial score (nSPS) is 19.5. The Kier molecular flexibility index (Phi) is 3.52. The predicted octanol–water partition coefficient (Wildman–Crippen LogP) is 0.477. The Balaban J connectivity index is 1.77. The SMILES string of the molecule is O=S(=O)(c1cn[nH]c1)N1CCC(O)(c2ccccn2)CC1. The summed E-state index contributed by atoms with van der Waals surface area (Å²) in [4.78, 5) is 4.32. The molecule has 0 amide bonds. The number of sulfonamides is 1. The van der Waals surface area contributed by atoms with Gasteiger partial charge >= 0.3 is 0 Å². The van der Waals surface area contributed by atoms with E-state index < -0.39 is 15.6 Å². The molecule has 0 saturated carbocycles. The summed E-state index contributed by atoms with van der Waals surface area (Å²) in [5.41, 5.74) is -0.478. The number of rotatable bonds is 3. The summed E-state index contributed by atoms with van der Waals surface area (Å²) >= 11 is 0. The van der Waals surface area contributed by atoms with Crippen molar-refractivity contribution < 1.29 is 13.5 Å². The van der Waals surface area contributed by atoms with Crippen molar-refractivity contribution in [2.24, 2.45) is 0 Å². The van der Waals surface area contributed by atoms with E-state index in [0.717, 1.165) is 0 Å². The van der Waals surface area contributed by atoms with Crippen LogP contribution in [0.2, 0.25) is 0 Å². The van der Waals surface area contributed by atoms with Crippen LogP contribution < -0.4 is 0 Å². The molecule has 0 unspecified atom stereocenters. The van der Waals surface area contributed by atoms with Gasteiger partial charge in [-0.3, -0.25) is 10.1 Å². The van der Waals surface area contributed by atoms with Crippen LogP contribution in [0.1, 0.15) is 18.5 Å². The molecule has 1 fully saturated rings. The zero-order valence-corrected chi connectivity index (χ0v) is 12.1. The Labute approximate surface area is 122 Å². The Morgan fingerprint density at radius 1 is 1.29 bits per heavy atom. The van der Waals surface area contributed by atoms with Crippen LogP contribution in [0, 0.1) is 0 Å². The number of nitrogens with one attached hydrogen (secondary N) is 1. The molecule has 1 saturated heterocycles. The third kappa shape index (κ3) is 2.57. The summed E-state index contributed by atoms with van der Waals surface area (Å²) < 4.78 is 26.1. The maximum atomic E-state index is 12.4. The second-order valence-electron chi connectivity index (χ2n) is 5.08. The van der Waals surface area contributed by atoms with Gasteiger partial charge in [0.1, 0.15) is 10.5 Å². The number of aromatic nitrogens is 3. The number of piperidine rings is 1. The van der Waals surface area contributed by atoms with Crippen LogP contribution in [0.4, 0.5) is 0 Å². The lowest BCUT2D eigenvalue weighted by molar-refractivity contribution is -0.0134. The molecule has 0 aromatic carbocycles. The number of nitrogens with zero attached hydrogens (tertiary/aromatic N) is 3. The average Bonchev–Trinajstić information content (AvgIpc) is 3.04. The van der Waals surface area contributed by atoms with Gasteiger partial charge in [0.25, 0.3) is 0 Å². The van der Waals surface area contributed by atoms with Gasteiger partial charge in [-0.2, -0.15) is 9.40 Å². The molecular formula is C13H16N4O3S. The molecule has 1 aliphatic heterocycles. The van der Waals surface area contributed by atoms with Gasteiger partial charge in [0.2, 0.25) is 10.0 Å². The summed E-state index contributed by atoms with van der Waals surface area (Å²) in [6.07, 6.45) is 4.91. The first-order valence-corrected chi connectivity index (χ1v) is 8.09. The number of aromatic amines is 1. The van der Waals surface area contributed by atoms with Gasteiger partial charge in [-0.05, 0) is 25.0 Å². The standard InChI is InChI=1S/C13H16N4O3S/c18-13(12-3-1-2-6-14-12)4-7-17(8-5-13)21(19,20)11-9-15-16-10-11/h1-3,6,9-10,18H,4-5,7-8H2,(H,15,16). The highest BCUT2D eigenvalue weighted by Gasteiger charge is 2.39. The van der Waals surface area contributed by atoms with Crippen molar-refractivity contribution >= 4 is 10.0 Å². The molecule has 0 spiro atoms. The van der Waals surface area contributed by atoms with E-state index in [1.54, 1.807) is 18.3 Å². The van der Waals surface area contributed by atoms with Crippen molar-refractivity contribution in [1.29, 1.82) is 0 Å². The maximum Gasteiger partial charge on any atom is 0.246 e.